The SMILES string of the molecule is CCCCCC/C=C/[C@H](C)[C@@H](O)C(C)C. The Morgan fingerprint density at radius 2 is 1.73 bits per heavy atom. The highest BCUT2D eigenvalue weighted by Crippen LogP contribution is 2.14. The van der Waals surface area contributed by atoms with Gasteiger partial charge in [0.05, 0.1) is 6.10 Å². The fourth-order valence-corrected chi connectivity index (χ4v) is 1.72. The Morgan fingerprint density at radius 1 is 1.07 bits per heavy atom. The first-order valence-corrected chi connectivity index (χ1v) is 6.44. The van der Waals surface area contributed by atoms with Crippen molar-refractivity contribution in [2.45, 2.75) is 65.9 Å². The normalized spacial score (nSPS) is 16.1. The van der Waals surface area contributed by atoms with E-state index in [2.05, 4.69) is 39.8 Å². The molecular formula is C14H28O. The molecule has 1 N–H and O–H groups in total. The number of aliphatic hydroxyl groups excluding tert-OH is 1. The highest BCUT2D eigenvalue weighted by Gasteiger charge is 2.14. The van der Waals surface area contributed by atoms with Gasteiger partial charge in [-0.1, -0.05) is 59.1 Å². The summed E-state index contributed by atoms with van der Waals surface area (Å²) in [6.45, 7) is 8.45. The number of aliphatic hydroxyl groups is 1. The monoisotopic (exact) mass is 212 g/mol. The van der Waals surface area contributed by atoms with Gasteiger partial charge in [0.1, 0.15) is 0 Å². The lowest BCUT2D eigenvalue weighted by Crippen LogP contribution is -2.21. The van der Waals surface area contributed by atoms with E-state index in [1.165, 1.54) is 25.7 Å². The molecule has 0 aromatic carbocycles. The van der Waals surface area contributed by atoms with Gasteiger partial charge < -0.3 is 5.11 Å². The molecule has 90 valence electrons. The van der Waals surface area contributed by atoms with Crippen LogP contribution in [-0.4, -0.2) is 11.2 Å². The summed E-state index contributed by atoms with van der Waals surface area (Å²) in [4.78, 5) is 0. The van der Waals surface area contributed by atoms with E-state index in [4.69, 9.17) is 0 Å². The largest absolute Gasteiger partial charge is 0.392 e. The molecule has 0 rings (SSSR count). The molecule has 2 atom stereocenters. The van der Waals surface area contributed by atoms with Gasteiger partial charge in [0.15, 0.2) is 0 Å². The van der Waals surface area contributed by atoms with Crippen LogP contribution in [0.2, 0.25) is 0 Å². The Bertz CT molecular complexity index is 161. The topological polar surface area (TPSA) is 20.2 Å². The van der Waals surface area contributed by atoms with E-state index >= 15 is 0 Å². The Balaban J connectivity index is 3.58. The Labute approximate surface area is 95.6 Å². The summed E-state index contributed by atoms with van der Waals surface area (Å²) < 4.78 is 0. The van der Waals surface area contributed by atoms with Crippen molar-refractivity contribution in [3.05, 3.63) is 12.2 Å². The molecule has 1 heteroatoms. The molecule has 0 saturated carbocycles. The van der Waals surface area contributed by atoms with Crippen LogP contribution in [0.25, 0.3) is 0 Å². The van der Waals surface area contributed by atoms with Crippen LogP contribution < -0.4 is 0 Å². The molecule has 0 spiro atoms. The molecule has 0 heterocycles. The van der Waals surface area contributed by atoms with Gasteiger partial charge in [-0.2, -0.15) is 0 Å². The van der Waals surface area contributed by atoms with Crippen LogP contribution in [0.3, 0.4) is 0 Å². The quantitative estimate of drug-likeness (QED) is 0.473. The highest BCUT2D eigenvalue weighted by molar-refractivity contribution is 4.90. The second-order valence-electron chi connectivity index (χ2n) is 4.87. The maximum absolute atomic E-state index is 9.78. The van der Waals surface area contributed by atoms with Crippen LogP contribution in [0.15, 0.2) is 12.2 Å². The number of rotatable bonds is 8. The van der Waals surface area contributed by atoms with E-state index < -0.39 is 0 Å². The third kappa shape index (κ3) is 7.61. The zero-order chi connectivity index (χ0) is 11.7. The predicted molar refractivity (Wildman–Crippen MR) is 67.9 cm³/mol. The van der Waals surface area contributed by atoms with E-state index in [9.17, 15) is 5.11 Å². The van der Waals surface area contributed by atoms with Crippen LogP contribution in [0.1, 0.15) is 59.8 Å². The van der Waals surface area contributed by atoms with Gasteiger partial charge in [-0.15, -0.1) is 0 Å². The summed E-state index contributed by atoms with van der Waals surface area (Å²) in [5.74, 6) is 0.640. The Morgan fingerprint density at radius 3 is 2.27 bits per heavy atom. The third-order valence-electron chi connectivity index (χ3n) is 2.89. The molecule has 0 aliphatic carbocycles. The maximum Gasteiger partial charge on any atom is 0.0622 e. The lowest BCUT2D eigenvalue weighted by atomic mass is 9.94. The van der Waals surface area contributed by atoms with Crippen molar-refractivity contribution in [2.24, 2.45) is 11.8 Å². The highest BCUT2D eigenvalue weighted by atomic mass is 16.3. The molecule has 15 heavy (non-hydrogen) atoms. The van der Waals surface area contributed by atoms with Crippen LogP contribution in [-0.2, 0) is 0 Å². The minimum atomic E-state index is -0.197. The minimum Gasteiger partial charge on any atom is -0.392 e. The molecule has 1 nitrogen and oxygen atoms in total. The first kappa shape index (κ1) is 14.7. The molecule has 0 saturated heterocycles. The molecular weight excluding hydrogens is 184 g/mol. The number of hydrogen-bond acceptors (Lipinski definition) is 1. The van der Waals surface area contributed by atoms with Crippen LogP contribution in [0.5, 0.6) is 0 Å². The van der Waals surface area contributed by atoms with Crippen molar-refractivity contribution in [1.82, 2.24) is 0 Å². The minimum absolute atomic E-state index is 0.197. The van der Waals surface area contributed by atoms with Gasteiger partial charge >= 0.3 is 0 Å². The molecule has 0 aliphatic rings. The average Bonchev–Trinajstić information content (AvgIpc) is 2.21. The summed E-state index contributed by atoms with van der Waals surface area (Å²) in [6.07, 6.45) is 10.6. The van der Waals surface area contributed by atoms with Gasteiger partial charge in [-0.25, -0.2) is 0 Å². The van der Waals surface area contributed by atoms with E-state index in [1.54, 1.807) is 0 Å². The molecule has 0 amide bonds. The first-order chi connectivity index (χ1) is 7.09. The third-order valence-corrected chi connectivity index (χ3v) is 2.89. The summed E-state index contributed by atoms with van der Waals surface area (Å²) in [5, 5.41) is 9.78. The fourth-order valence-electron chi connectivity index (χ4n) is 1.72. The Hall–Kier alpha value is -0.300. The fraction of sp³-hybridized carbons (Fsp3) is 0.857. The number of allylic oxidation sites excluding steroid dienone is 1. The van der Waals surface area contributed by atoms with Gasteiger partial charge in [0.25, 0.3) is 0 Å². The summed E-state index contributed by atoms with van der Waals surface area (Å²) in [5.41, 5.74) is 0. The van der Waals surface area contributed by atoms with Crippen LogP contribution in [0.4, 0.5) is 0 Å². The maximum atomic E-state index is 9.78. The molecule has 0 radical (unpaired) electrons. The summed E-state index contributed by atoms with van der Waals surface area (Å²) in [7, 11) is 0. The van der Waals surface area contributed by atoms with E-state index in [0.29, 0.717) is 5.92 Å². The van der Waals surface area contributed by atoms with Crippen LogP contribution in [0, 0.1) is 11.8 Å². The smallest absolute Gasteiger partial charge is 0.0622 e. The van der Waals surface area contributed by atoms with E-state index in [-0.39, 0.29) is 12.0 Å². The standard InChI is InChI=1S/C14H28O/c1-5-6-7-8-9-10-11-13(4)14(15)12(2)3/h10-15H,5-9H2,1-4H3/b11-10+/t13-,14-/m0/s1. The molecule has 0 unspecified atom stereocenters. The van der Waals surface area contributed by atoms with Crippen molar-refractivity contribution < 1.29 is 5.11 Å². The van der Waals surface area contributed by atoms with Crippen molar-refractivity contribution in [2.75, 3.05) is 0 Å². The zero-order valence-corrected chi connectivity index (χ0v) is 10.9. The van der Waals surface area contributed by atoms with Crippen molar-refractivity contribution in [3.8, 4) is 0 Å². The van der Waals surface area contributed by atoms with Crippen molar-refractivity contribution >= 4 is 0 Å². The summed E-state index contributed by atoms with van der Waals surface area (Å²) >= 11 is 0. The Kier molecular flexibility index (Phi) is 8.79. The molecule has 0 bridgehead atoms. The number of unbranched alkanes of at least 4 members (excludes halogenated alkanes) is 4. The molecule has 0 aromatic heterocycles. The van der Waals surface area contributed by atoms with Crippen molar-refractivity contribution in [3.63, 3.8) is 0 Å². The zero-order valence-electron chi connectivity index (χ0n) is 10.9. The van der Waals surface area contributed by atoms with E-state index in [0.717, 1.165) is 6.42 Å². The van der Waals surface area contributed by atoms with Gasteiger partial charge in [0.2, 0.25) is 0 Å². The molecule has 0 aliphatic heterocycles. The van der Waals surface area contributed by atoms with Crippen LogP contribution >= 0.6 is 0 Å². The predicted octanol–water partition coefficient (Wildman–Crippen LogP) is 4.17. The van der Waals surface area contributed by atoms with Gasteiger partial charge in [-0.05, 0) is 18.8 Å². The van der Waals surface area contributed by atoms with Crippen molar-refractivity contribution in [1.29, 1.82) is 0 Å². The van der Waals surface area contributed by atoms with Gasteiger partial charge in [-0.3, -0.25) is 0 Å². The molecule has 0 aromatic rings. The number of hydrogen-bond donors (Lipinski definition) is 1. The lowest BCUT2D eigenvalue weighted by Gasteiger charge is -2.18. The molecule has 0 fully saturated rings. The second-order valence-corrected chi connectivity index (χ2v) is 4.87. The second kappa shape index (κ2) is 8.96. The van der Waals surface area contributed by atoms with E-state index in [1.807, 2.05) is 0 Å². The first-order valence-electron chi connectivity index (χ1n) is 6.44. The lowest BCUT2D eigenvalue weighted by molar-refractivity contribution is 0.0910. The average molecular weight is 212 g/mol. The van der Waals surface area contributed by atoms with Gasteiger partial charge in [0, 0.05) is 5.92 Å². The summed E-state index contributed by atoms with van der Waals surface area (Å²) in [6, 6.07) is 0.